The zero-order chi connectivity index (χ0) is 24.5. The SMILES string of the molecule is CC(C)n1cc(-c2ccc(C(=O)NC3CCC(c4n[nH]c(=O)c5ccccc45)CC3)cc2F)cn1. The van der Waals surface area contributed by atoms with Gasteiger partial charge < -0.3 is 5.32 Å². The first kappa shape index (κ1) is 23.0. The van der Waals surface area contributed by atoms with E-state index in [1.54, 1.807) is 23.0 Å². The van der Waals surface area contributed by atoms with Crippen molar-refractivity contribution in [2.24, 2.45) is 0 Å². The predicted molar refractivity (Wildman–Crippen MR) is 133 cm³/mol. The van der Waals surface area contributed by atoms with E-state index in [0.717, 1.165) is 36.8 Å². The smallest absolute Gasteiger partial charge is 0.272 e. The summed E-state index contributed by atoms with van der Waals surface area (Å²) >= 11 is 0. The van der Waals surface area contributed by atoms with Gasteiger partial charge in [-0.15, -0.1) is 0 Å². The molecule has 1 saturated carbocycles. The van der Waals surface area contributed by atoms with Crippen LogP contribution in [-0.4, -0.2) is 31.9 Å². The minimum Gasteiger partial charge on any atom is -0.349 e. The second-order valence-electron chi connectivity index (χ2n) is 9.50. The number of halogens is 1. The average molecular weight is 474 g/mol. The van der Waals surface area contributed by atoms with Crippen molar-refractivity contribution in [3.05, 3.63) is 82.3 Å². The molecule has 2 aromatic carbocycles. The van der Waals surface area contributed by atoms with E-state index in [0.29, 0.717) is 22.1 Å². The van der Waals surface area contributed by atoms with E-state index in [4.69, 9.17) is 0 Å². The summed E-state index contributed by atoms with van der Waals surface area (Å²) in [7, 11) is 0. The number of benzene rings is 2. The number of aromatic nitrogens is 4. The van der Waals surface area contributed by atoms with Crippen LogP contribution in [-0.2, 0) is 0 Å². The third-order valence-corrected chi connectivity index (χ3v) is 6.85. The summed E-state index contributed by atoms with van der Waals surface area (Å²) in [5, 5.41) is 15.8. The van der Waals surface area contributed by atoms with Crippen LogP contribution in [0.5, 0.6) is 0 Å². The molecule has 2 heterocycles. The Morgan fingerprint density at radius 1 is 1.11 bits per heavy atom. The fraction of sp³-hybridized carbons (Fsp3) is 0.333. The number of rotatable bonds is 5. The van der Waals surface area contributed by atoms with E-state index >= 15 is 0 Å². The number of hydrogen-bond acceptors (Lipinski definition) is 4. The Bertz CT molecular complexity index is 1430. The Balaban J connectivity index is 1.24. The maximum atomic E-state index is 14.8. The number of H-pyrrole nitrogens is 1. The van der Waals surface area contributed by atoms with Crippen LogP contribution >= 0.6 is 0 Å². The number of nitrogens with one attached hydrogen (secondary N) is 2. The van der Waals surface area contributed by atoms with Crippen LogP contribution in [0.1, 0.15) is 67.5 Å². The molecule has 2 aromatic heterocycles. The highest BCUT2D eigenvalue weighted by atomic mass is 19.1. The first-order valence-electron chi connectivity index (χ1n) is 12.0. The number of nitrogens with zero attached hydrogens (tertiary/aromatic N) is 3. The second-order valence-corrected chi connectivity index (χ2v) is 9.50. The normalized spacial score (nSPS) is 18.2. The molecule has 0 saturated heterocycles. The average Bonchev–Trinajstić information content (AvgIpc) is 3.35. The number of aromatic amines is 1. The summed E-state index contributed by atoms with van der Waals surface area (Å²) in [5.74, 6) is -0.501. The van der Waals surface area contributed by atoms with Crippen molar-refractivity contribution in [1.82, 2.24) is 25.3 Å². The Hall–Kier alpha value is -3.81. The van der Waals surface area contributed by atoms with Crippen molar-refractivity contribution in [1.29, 1.82) is 0 Å². The Morgan fingerprint density at radius 2 is 1.86 bits per heavy atom. The van der Waals surface area contributed by atoms with Gasteiger partial charge in [0, 0.05) is 46.3 Å². The van der Waals surface area contributed by atoms with Crippen molar-refractivity contribution < 1.29 is 9.18 Å². The van der Waals surface area contributed by atoms with Crippen molar-refractivity contribution in [3.63, 3.8) is 0 Å². The zero-order valence-electron chi connectivity index (χ0n) is 19.8. The third-order valence-electron chi connectivity index (χ3n) is 6.85. The van der Waals surface area contributed by atoms with Crippen LogP contribution in [0.25, 0.3) is 21.9 Å². The summed E-state index contributed by atoms with van der Waals surface area (Å²) < 4.78 is 16.6. The van der Waals surface area contributed by atoms with Crippen molar-refractivity contribution in [3.8, 4) is 11.1 Å². The Morgan fingerprint density at radius 3 is 2.54 bits per heavy atom. The van der Waals surface area contributed by atoms with Crippen LogP contribution < -0.4 is 10.9 Å². The monoisotopic (exact) mass is 473 g/mol. The third kappa shape index (κ3) is 4.60. The number of amides is 1. The van der Waals surface area contributed by atoms with E-state index in [-0.39, 0.29) is 29.5 Å². The Kier molecular flexibility index (Phi) is 6.19. The van der Waals surface area contributed by atoms with Gasteiger partial charge in [-0.05, 0) is 57.7 Å². The topological polar surface area (TPSA) is 92.7 Å². The molecule has 0 radical (unpaired) electrons. The quantitative estimate of drug-likeness (QED) is 0.428. The van der Waals surface area contributed by atoms with Crippen LogP contribution in [0.3, 0.4) is 0 Å². The molecule has 0 spiro atoms. The number of carbonyl (C=O) groups is 1. The molecule has 1 amide bonds. The van der Waals surface area contributed by atoms with Crippen molar-refractivity contribution in [2.45, 2.75) is 57.5 Å². The lowest BCUT2D eigenvalue weighted by atomic mass is 9.82. The van der Waals surface area contributed by atoms with Gasteiger partial charge in [-0.1, -0.05) is 24.3 Å². The molecule has 2 N–H and O–H groups in total. The molecule has 35 heavy (non-hydrogen) atoms. The van der Waals surface area contributed by atoms with Gasteiger partial charge in [0.05, 0.1) is 17.3 Å². The van der Waals surface area contributed by atoms with Gasteiger partial charge in [-0.2, -0.15) is 10.2 Å². The van der Waals surface area contributed by atoms with Crippen molar-refractivity contribution in [2.75, 3.05) is 0 Å². The van der Waals surface area contributed by atoms with Crippen molar-refractivity contribution >= 4 is 16.7 Å². The lowest BCUT2D eigenvalue weighted by Gasteiger charge is -2.29. The van der Waals surface area contributed by atoms with E-state index < -0.39 is 5.82 Å². The highest BCUT2D eigenvalue weighted by molar-refractivity contribution is 5.95. The van der Waals surface area contributed by atoms with Crippen LogP contribution in [0.4, 0.5) is 4.39 Å². The molecule has 7 nitrogen and oxygen atoms in total. The van der Waals surface area contributed by atoms with Gasteiger partial charge >= 0.3 is 0 Å². The maximum absolute atomic E-state index is 14.8. The number of fused-ring (bicyclic) bond motifs is 1. The van der Waals surface area contributed by atoms with Crippen LogP contribution in [0.15, 0.2) is 59.7 Å². The summed E-state index contributed by atoms with van der Waals surface area (Å²) in [6.07, 6.45) is 6.72. The zero-order valence-corrected chi connectivity index (χ0v) is 19.8. The molecule has 0 aliphatic heterocycles. The van der Waals surface area contributed by atoms with Gasteiger partial charge in [-0.25, -0.2) is 9.49 Å². The molecule has 0 atom stereocenters. The minimum absolute atomic E-state index is 0.0137. The lowest BCUT2D eigenvalue weighted by Crippen LogP contribution is -2.37. The van der Waals surface area contributed by atoms with Crippen LogP contribution in [0, 0.1) is 5.82 Å². The fourth-order valence-corrected chi connectivity index (χ4v) is 4.88. The fourth-order valence-electron chi connectivity index (χ4n) is 4.88. The first-order chi connectivity index (χ1) is 16.9. The van der Waals surface area contributed by atoms with Gasteiger partial charge in [0.25, 0.3) is 11.5 Å². The largest absolute Gasteiger partial charge is 0.349 e. The molecule has 5 rings (SSSR count). The minimum atomic E-state index is -0.444. The van der Waals surface area contributed by atoms with E-state index in [1.165, 1.54) is 6.07 Å². The van der Waals surface area contributed by atoms with E-state index in [1.807, 2.05) is 44.3 Å². The molecule has 1 aliphatic carbocycles. The van der Waals surface area contributed by atoms with Crippen LogP contribution in [0.2, 0.25) is 0 Å². The predicted octanol–water partition coefficient (Wildman–Crippen LogP) is 4.96. The molecule has 180 valence electrons. The first-order valence-corrected chi connectivity index (χ1v) is 12.0. The van der Waals surface area contributed by atoms with E-state index in [2.05, 4.69) is 20.6 Å². The highest BCUT2D eigenvalue weighted by Gasteiger charge is 2.26. The Labute approximate surface area is 202 Å². The second kappa shape index (κ2) is 9.44. The van der Waals surface area contributed by atoms with Gasteiger partial charge in [0.1, 0.15) is 5.82 Å². The van der Waals surface area contributed by atoms with Gasteiger partial charge in [0.2, 0.25) is 0 Å². The summed E-state index contributed by atoms with van der Waals surface area (Å²) in [6, 6.07) is 12.3. The van der Waals surface area contributed by atoms with Gasteiger partial charge in [0.15, 0.2) is 0 Å². The molecular formula is C27H28FN5O2. The molecule has 1 aliphatic rings. The van der Waals surface area contributed by atoms with E-state index in [9.17, 15) is 14.0 Å². The lowest BCUT2D eigenvalue weighted by molar-refractivity contribution is 0.0925. The molecule has 0 unspecified atom stereocenters. The molecule has 0 bridgehead atoms. The molecule has 8 heteroatoms. The number of hydrogen-bond donors (Lipinski definition) is 2. The molecule has 4 aromatic rings. The molecule has 1 fully saturated rings. The number of carbonyl (C=O) groups excluding carboxylic acids is 1. The maximum Gasteiger partial charge on any atom is 0.272 e. The summed E-state index contributed by atoms with van der Waals surface area (Å²) in [5.41, 5.74) is 2.14. The molecular weight excluding hydrogens is 445 g/mol. The highest BCUT2D eigenvalue weighted by Crippen LogP contribution is 2.34. The van der Waals surface area contributed by atoms with Gasteiger partial charge in [-0.3, -0.25) is 14.3 Å². The standard InChI is InChI=1S/C27H28FN5O2/c1-16(2)33-15-19(14-29-33)21-12-9-18(13-24(21)28)26(34)30-20-10-7-17(8-11-20)25-22-5-3-4-6-23(22)27(35)32-31-25/h3-6,9,12-17,20H,7-8,10-11H2,1-2H3,(H,30,34)(H,32,35). The summed E-state index contributed by atoms with van der Waals surface area (Å²) in [6.45, 7) is 4.01. The summed E-state index contributed by atoms with van der Waals surface area (Å²) in [4.78, 5) is 24.9.